The number of carboxylic acid groups (broad SMARTS) is 3. The first-order valence-corrected chi connectivity index (χ1v) is 5.13. The van der Waals surface area contributed by atoms with Crippen LogP contribution in [0.15, 0.2) is 30.3 Å². The second-order valence-electron chi connectivity index (χ2n) is 3.75. The number of fused-ring (bicyclic) bond motifs is 1. The van der Waals surface area contributed by atoms with Gasteiger partial charge in [-0.05, 0) is 16.8 Å². The predicted octanol–water partition coefficient (Wildman–Crippen LogP) is -11.1. The number of benzene rings is 2. The van der Waals surface area contributed by atoms with Gasteiger partial charge in [-0.2, -0.15) is 0 Å². The van der Waals surface area contributed by atoms with Gasteiger partial charge in [-0.25, -0.2) is 0 Å². The molecule has 96 valence electrons. The number of hydrogen-bond donors (Lipinski definition) is 0. The summed E-state index contributed by atoms with van der Waals surface area (Å²) in [6, 6.07) is 6.29. The van der Waals surface area contributed by atoms with E-state index in [0.29, 0.717) is 6.07 Å². The van der Waals surface area contributed by atoms with Gasteiger partial charge in [-0.15, -0.1) is 0 Å². The van der Waals surface area contributed by atoms with Crippen LogP contribution < -0.4 is 169 Å². The monoisotopic (exact) mass is 374 g/mol. The summed E-state index contributed by atoms with van der Waals surface area (Å²) in [4.78, 5) is 33.0. The van der Waals surface area contributed by atoms with Crippen LogP contribution in [0.3, 0.4) is 0 Å². The van der Waals surface area contributed by atoms with Gasteiger partial charge in [0.1, 0.15) is 0 Å². The van der Waals surface area contributed by atoms with Crippen LogP contribution >= 0.6 is 0 Å². The first-order valence-electron chi connectivity index (χ1n) is 5.13. The van der Waals surface area contributed by atoms with Crippen molar-refractivity contribution in [3.8, 4) is 0 Å². The number of hydrogen-bond acceptors (Lipinski definition) is 6. The Balaban J connectivity index is 0. The first-order chi connectivity index (χ1) is 8.93. The molecule has 0 fully saturated rings. The average Bonchev–Trinajstić information content (AvgIpc) is 2.35. The minimum atomic E-state index is -1.80. The summed E-state index contributed by atoms with van der Waals surface area (Å²) in [5.41, 5.74) is -1.78. The summed E-state index contributed by atoms with van der Waals surface area (Å²) in [7, 11) is 0. The zero-order valence-corrected chi connectivity index (χ0v) is 21.7. The summed E-state index contributed by atoms with van der Waals surface area (Å²) in [5.74, 6) is -5.13. The molecule has 0 aliphatic rings. The van der Waals surface area contributed by atoms with Crippen molar-refractivity contribution >= 4 is 28.7 Å². The van der Waals surface area contributed by atoms with E-state index >= 15 is 0 Å². The van der Waals surface area contributed by atoms with Gasteiger partial charge in [0.15, 0.2) is 0 Å². The van der Waals surface area contributed by atoms with E-state index in [1.54, 1.807) is 0 Å². The summed E-state index contributed by atoms with van der Waals surface area (Å²) in [6.07, 6.45) is 0. The molecule has 0 amide bonds. The molecule has 0 aromatic heterocycles. The van der Waals surface area contributed by atoms with Crippen molar-refractivity contribution in [3.63, 3.8) is 0 Å². The van der Waals surface area contributed by atoms with Crippen LogP contribution in [-0.2, 0) is 0 Å². The number of carboxylic acids is 3. The van der Waals surface area contributed by atoms with Crippen LogP contribution in [0, 0.1) is 0 Å². The summed E-state index contributed by atoms with van der Waals surface area (Å²) < 4.78 is 0. The van der Waals surface area contributed by atoms with Crippen LogP contribution in [0.5, 0.6) is 0 Å². The number of carbonyl (C=O) groups is 3. The third-order valence-corrected chi connectivity index (χ3v) is 2.69. The van der Waals surface area contributed by atoms with E-state index in [1.807, 2.05) is 0 Å². The molecule has 0 heterocycles. The third-order valence-electron chi connectivity index (χ3n) is 2.69. The summed E-state index contributed by atoms with van der Waals surface area (Å²) >= 11 is 0. The van der Waals surface area contributed by atoms with Gasteiger partial charge in [0.2, 0.25) is 0 Å². The molecule has 0 aliphatic heterocycles. The molecule has 0 atom stereocenters. The van der Waals surface area contributed by atoms with Gasteiger partial charge in [0.25, 0.3) is 0 Å². The van der Waals surface area contributed by atoms with Gasteiger partial charge in [-0.1, -0.05) is 24.3 Å². The molecule has 0 unspecified atom stereocenters. The molecule has 2 aromatic carbocycles. The average molecular weight is 374 g/mol. The molecule has 2 rings (SSSR count). The van der Waals surface area contributed by atoms with Gasteiger partial charge in [0, 0.05) is 16.7 Å². The van der Waals surface area contributed by atoms with Crippen molar-refractivity contribution in [2.45, 2.75) is 0 Å². The Morgan fingerprint density at radius 3 is 1.55 bits per heavy atom. The Morgan fingerprint density at radius 2 is 1.14 bits per heavy atom. The largest absolute Gasteiger partial charge is 1.00 e. The standard InChI is InChI=1S/C13H8O6.3K/c14-11(15)8-5-9(12(16)17)10(13(18)19)7-4-2-1-3-6(7)8;;;/h1-5H,(H,14,15)(H,16,17)(H,18,19);;;/q;3*+1/p-3. The molecule has 0 radical (unpaired) electrons. The smallest absolute Gasteiger partial charge is 0.545 e. The van der Waals surface area contributed by atoms with Gasteiger partial charge >= 0.3 is 154 Å². The van der Waals surface area contributed by atoms with Crippen LogP contribution in [0.1, 0.15) is 31.1 Å². The maximum Gasteiger partial charge on any atom is 1.00 e. The normalized spacial score (nSPS) is 8.91. The summed E-state index contributed by atoms with van der Waals surface area (Å²) in [5, 5.41) is 33.0. The van der Waals surface area contributed by atoms with E-state index in [2.05, 4.69) is 0 Å². The molecule has 0 saturated carbocycles. The SMILES string of the molecule is O=C([O-])c1cc(C(=O)[O-])c2ccccc2c1C(=O)[O-].[K+].[K+].[K+]. The molecule has 0 N–H and O–H groups in total. The molecule has 2 aromatic rings. The Labute approximate surface area is 253 Å². The van der Waals surface area contributed by atoms with Crippen LogP contribution in [0.4, 0.5) is 0 Å². The van der Waals surface area contributed by atoms with Crippen molar-refractivity contribution in [2.24, 2.45) is 0 Å². The molecule has 9 heteroatoms. The second kappa shape index (κ2) is 11.6. The molecule has 0 spiro atoms. The van der Waals surface area contributed by atoms with Crippen LogP contribution in [0.2, 0.25) is 0 Å². The number of carbonyl (C=O) groups excluding carboxylic acids is 3. The fourth-order valence-corrected chi connectivity index (χ4v) is 1.93. The predicted molar refractivity (Wildman–Crippen MR) is 56.9 cm³/mol. The first kappa shape index (κ1) is 26.3. The van der Waals surface area contributed by atoms with E-state index in [0.717, 1.165) is 0 Å². The van der Waals surface area contributed by atoms with E-state index in [9.17, 15) is 29.7 Å². The third kappa shape index (κ3) is 5.78. The molecule has 0 bridgehead atoms. The van der Waals surface area contributed by atoms with Crippen molar-refractivity contribution in [2.75, 3.05) is 0 Å². The van der Waals surface area contributed by atoms with Crippen LogP contribution in [-0.4, -0.2) is 17.9 Å². The maximum absolute atomic E-state index is 11.1. The quantitative estimate of drug-likeness (QED) is 0.492. The van der Waals surface area contributed by atoms with Crippen LogP contribution in [0.25, 0.3) is 10.8 Å². The van der Waals surface area contributed by atoms with Gasteiger partial charge in [-0.3, -0.25) is 0 Å². The Kier molecular flexibility index (Phi) is 13.8. The minimum Gasteiger partial charge on any atom is -0.545 e. The number of rotatable bonds is 3. The zero-order valence-electron chi connectivity index (χ0n) is 12.3. The molecular weight excluding hydrogens is 369 g/mol. The van der Waals surface area contributed by atoms with Crippen molar-refractivity contribution in [3.05, 3.63) is 47.0 Å². The Morgan fingerprint density at radius 1 is 0.682 bits per heavy atom. The summed E-state index contributed by atoms with van der Waals surface area (Å²) in [6.45, 7) is 0. The van der Waals surface area contributed by atoms with Gasteiger partial charge < -0.3 is 29.7 Å². The fourth-order valence-electron chi connectivity index (χ4n) is 1.93. The maximum atomic E-state index is 11.1. The molecule has 6 nitrogen and oxygen atoms in total. The molecule has 22 heavy (non-hydrogen) atoms. The van der Waals surface area contributed by atoms with Crippen molar-refractivity contribution in [1.29, 1.82) is 0 Å². The van der Waals surface area contributed by atoms with E-state index < -0.39 is 34.6 Å². The van der Waals surface area contributed by atoms with Gasteiger partial charge in [0.05, 0.1) is 17.9 Å². The topological polar surface area (TPSA) is 120 Å². The molecular formula is C13H5K3O6. The van der Waals surface area contributed by atoms with Crippen molar-refractivity contribution < 1.29 is 184 Å². The van der Waals surface area contributed by atoms with E-state index in [4.69, 9.17) is 0 Å². The zero-order chi connectivity index (χ0) is 14.2. The molecule has 0 saturated heterocycles. The van der Waals surface area contributed by atoms with E-state index in [-0.39, 0.29) is 165 Å². The number of aromatic carboxylic acids is 3. The molecule has 0 aliphatic carbocycles. The second-order valence-corrected chi connectivity index (χ2v) is 3.75. The Bertz CT molecular complexity index is 729. The van der Waals surface area contributed by atoms with E-state index in [1.165, 1.54) is 24.3 Å². The fraction of sp³-hybridized carbons (Fsp3) is 0. The minimum absolute atomic E-state index is 0. The van der Waals surface area contributed by atoms with Crippen molar-refractivity contribution in [1.82, 2.24) is 0 Å². The Hall–Kier alpha value is 2.02.